The molecule has 28 heavy (non-hydrogen) atoms. The zero-order chi connectivity index (χ0) is 19.2. The molecule has 0 aliphatic rings. The quantitative estimate of drug-likeness (QED) is 0.461. The summed E-state index contributed by atoms with van der Waals surface area (Å²) >= 11 is 5.37. The predicted octanol–water partition coefficient (Wildman–Crippen LogP) is 4.33. The summed E-state index contributed by atoms with van der Waals surface area (Å²) in [7, 11) is 0. The normalized spacial score (nSPS) is 10.6. The van der Waals surface area contributed by atoms with E-state index in [2.05, 4.69) is 20.6 Å². The van der Waals surface area contributed by atoms with E-state index in [1.807, 2.05) is 66.7 Å². The van der Waals surface area contributed by atoms with Gasteiger partial charge in [-0.2, -0.15) is 5.10 Å². The van der Waals surface area contributed by atoms with Crippen molar-refractivity contribution in [3.05, 3.63) is 95.0 Å². The molecule has 0 aliphatic heterocycles. The zero-order valence-corrected chi connectivity index (χ0v) is 15.9. The number of benzene rings is 2. The summed E-state index contributed by atoms with van der Waals surface area (Å²) in [5.74, 6) is 1.54. The number of rotatable bonds is 7. The lowest BCUT2D eigenvalue weighted by molar-refractivity contribution is 0.303. The molecule has 2 N–H and O–H groups in total. The Labute approximate surface area is 167 Å². The van der Waals surface area contributed by atoms with Gasteiger partial charge in [-0.25, -0.2) is 9.77 Å². The van der Waals surface area contributed by atoms with E-state index in [0.29, 0.717) is 23.7 Å². The highest BCUT2D eigenvalue weighted by Crippen LogP contribution is 2.20. The highest BCUT2D eigenvalue weighted by molar-refractivity contribution is 7.71. The van der Waals surface area contributed by atoms with Crippen molar-refractivity contribution in [3.63, 3.8) is 0 Å². The molecule has 0 bridgehead atoms. The number of nitrogens with zero attached hydrogens (tertiary/aromatic N) is 3. The molecule has 0 saturated heterocycles. The Morgan fingerprint density at radius 2 is 1.71 bits per heavy atom. The largest absolute Gasteiger partial charge is 0.489 e. The summed E-state index contributed by atoms with van der Waals surface area (Å²) in [4.78, 5) is 4.05. The molecule has 0 amide bonds. The highest BCUT2D eigenvalue weighted by Gasteiger charge is 2.10. The molecule has 0 atom stereocenters. The topological polar surface area (TPSA) is 67.8 Å². The van der Waals surface area contributed by atoms with Crippen molar-refractivity contribution in [1.29, 1.82) is 0 Å². The maximum absolute atomic E-state index is 6.03. The van der Waals surface area contributed by atoms with Gasteiger partial charge in [-0.3, -0.25) is 4.98 Å². The lowest BCUT2D eigenvalue weighted by atomic mass is 10.2. The standard InChI is InChI=1S/C21H19N5OS/c28-21-25-24-20(17-10-12-22-13-11-17)26(21)23-14-18-8-4-5-9-19(18)27-15-16-6-2-1-3-7-16/h1-13,23H,14-15H2,(H,25,28). The van der Waals surface area contributed by atoms with Crippen LogP contribution in [0.2, 0.25) is 0 Å². The molecule has 0 unspecified atom stereocenters. The lowest BCUT2D eigenvalue weighted by Gasteiger charge is -2.14. The third-order valence-electron chi connectivity index (χ3n) is 4.25. The molecule has 0 saturated carbocycles. The smallest absolute Gasteiger partial charge is 0.214 e. The fourth-order valence-corrected chi connectivity index (χ4v) is 3.03. The molecular weight excluding hydrogens is 370 g/mol. The fourth-order valence-electron chi connectivity index (χ4n) is 2.83. The number of para-hydroxylation sites is 1. The van der Waals surface area contributed by atoms with Crippen LogP contribution in [0.4, 0.5) is 0 Å². The Hall–Kier alpha value is -3.45. The molecule has 4 rings (SSSR count). The number of aromatic nitrogens is 4. The third-order valence-corrected chi connectivity index (χ3v) is 4.52. The van der Waals surface area contributed by atoms with Gasteiger partial charge in [-0.05, 0) is 36.0 Å². The summed E-state index contributed by atoms with van der Waals surface area (Å²) in [5, 5.41) is 7.16. The van der Waals surface area contributed by atoms with Gasteiger partial charge in [0.2, 0.25) is 4.77 Å². The first kappa shape index (κ1) is 17.9. The first-order valence-electron chi connectivity index (χ1n) is 8.87. The van der Waals surface area contributed by atoms with E-state index in [1.165, 1.54) is 0 Å². The Kier molecular flexibility index (Phi) is 5.44. The Morgan fingerprint density at radius 3 is 2.54 bits per heavy atom. The predicted molar refractivity (Wildman–Crippen MR) is 111 cm³/mol. The van der Waals surface area contributed by atoms with E-state index in [4.69, 9.17) is 17.0 Å². The van der Waals surface area contributed by atoms with Crippen molar-refractivity contribution >= 4 is 12.2 Å². The maximum Gasteiger partial charge on any atom is 0.214 e. The minimum Gasteiger partial charge on any atom is -0.489 e. The van der Waals surface area contributed by atoms with Gasteiger partial charge in [0.15, 0.2) is 5.82 Å². The second kappa shape index (κ2) is 8.49. The molecule has 0 fully saturated rings. The van der Waals surface area contributed by atoms with Gasteiger partial charge in [-0.15, -0.1) is 0 Å². The van der Waals surface area contributed by atoms with Crippen LogP contribution < -0.4 is 10.2 Å². The maximum atomic E-state index is 6.03. The molecular formula is C21H19N5OS. The van der Waals surface area contributed by atoms with Gasteiger partial charge in [0.1, 0.15) is 12.4 Å². The summed E-state index contributed by atoms with van der Waals surface area (Å²) in [6, 6.07) is 21.8. The van der Waals surface area contributed by atoms with E-state index in [1.54, 1.807) is 17.1 Å². The first-order valence-corrected chi connectivity index (χ1v) is 9.28. The molecule has 2 heterocycles. The van der Waals surface area contributed by atoms with Crippen LogP contribution in [0.1, 0.15) is 11.1 Å². The van der Waals surface area contributed by atoms with E-state index in [-0.39, 0.29) is 0 Å². The highest BCUT2D eigenvalue weighted by atomic mass is 32.1. The van der Waals surface area contributed by atoms with Gasteiger partial charge in [0, 0.05) is 23.5 Å². The fraction of sp³-hybridized carbons (Fsp3) is 0.0952. The molecule has 2 aromatic carbocycles. The van der Waals surface area contributed by atoms with Gasteiger partial charge in [-0.1, -0.05) is 48.5 Å². The number of hydrogen-bond acceptors (Lipinski definition) is 5. The number of nitrogens with one attached hydrogen (secondary N) is 2. The van der Waals surface area contributed by atoms with E-state index >= 15 is 0 Å². The van der Waals surface area contributed by atoms with E-state index in [9.17, 15) is 0 Å². The van der Waals surface area contributed by atoms with Crippen LogP contribution in [-0.4, -0.2) is 19.9 Å². The molecule has 6 nitrogen and oxygen atoms in total. The second-order valence-electron chi connectivity index (χ2n) is 6.14. The average Bonchev–Trinajstić information content (AvgIpc) is 3.13. The zero-order valence-electron chi connectivity index (χ0n) is 15.1. The number of pyridine rings is 1. The summed E-state index contributed by atoms with van der Waals surface area (Å²) in [6.07, 6.45) is 3.45. The number of aromatic amines is 1. The molecule has 0 aliphatic carbocycles. The van der Waals surface area contributed by atoms with Gasteiger partial charge < -0.3 is 10.2 Å². The van der Waals surface area contributed by atoms with Gasteiger partial charge in [0.25, 0.3) is 0 Å². The van der Waals surface area contributed by atoms with E-state index in [0.717, 1.165) is 22.4 Å². The van der Waals surface area contributed by atoms with Crippen molar-refractivity contribution in [2.75, 3.05) is 5.43 Å². The Balaban J connectivity index is 1.51. The van der Waals surface area contributed by atoms with Crippen molar-refractivity contribution in [2.24, 2.45) is 0 Å². The average molecular weight is 389 g/mol. The number of H-pyrrole nitrogens is 1. The van der Waals surface area contributed by atoms with Crippen LogP contribution in [0, 0.1) is 4.77 Å². The van der Waals surface area contributed by atoms with Crippen LogP contribution in [0.5, 0.6) is 5.75 Å². The molecule has 140 valence electrons. The van der Waals surface area contributed by atoms with Crippen LogP contribution in [-0.2, 0) is 13.2 Å². The minimum absolute atomic E-state index is 0.495. The molecule has 0 spiro atoms. The molecule has 0 radical (unpaired) electrons. The summed E-state index contributed by atoms with van der Waals surface area (Å²) < 4.78 is 8.29. The molecule has 7 heteroatoms. The number of hydrogen-bond donors (Lipinski definition) is 2. The van der Waals surface area contributed by atoms with Crippen LogP contribution in [0.25, 0.3) is 11.4 Å². The lowest BCUT2D eigenvalue weighted by Crippen LogP contribution is -2.16. The molecule has 4 aromatic rings. The van der Waals surface area contributed by atoms with Crippen molar-refractivity contribution in [3.8, 4) is 17.1 Å². The minimum atomic E-state index is 0.495. The van der Waals surface area contributed by atoms with Crippen LogP contribution in [0.3, 0.4) is 0 Å². The second-order valence-corrected chi connectivity index (χ2v) is 6.53. The van der Waals surface area contributed by atoms with Crippen LogP contribution >= 0.6 is 12.2 Å². The third kappa shape index (κ3) is 4.10. The first-order chi connectivity index (χ1) is 13.8. The van der Waals surface area contributed by atoms with Crippen LogP contribution in [0.15, 0.2) is 79.1 Å². The monoisotopic (exact) mass is 389 g/mol. The van der Waals surface area contributed by atoms with Crippen molar-refractivity contribution < 1.29 is 4.74 Å². The van der Waals surface area contributed by atoms with E-state index < -0.39 is 0 Å². The number of ether oxygens (including phenoxy) is 1. The summed E-state index contributed by atoms with van der Waals surface area (Å²) in [5.41, 5.74) is 6.41. The van der Waals surface area contributed by atoms with Gasteiger partial charge >= 0.3 is 0 Å². The SMILES string of the molecule is S=c1[nH]nc(-c2ccncc2)n1NCc1ccccc1OCc1ccccc1. The Morgan fingerprint density at radius 1 is 0.964 bits per heavy atom. The molecule has 2 aromatic heterocycles. The Bertz CT molecular complexity index is 1090. The van der Waals surface area contributed by atoms with Crippen molar-refractivity contribution in [1.82, 2.24) is 19.9 Å². The van der Waals surface area contributed by atoms with Gasteiger partial charge in [0.05, 0.1) is 6.54 Å². The summed E-state index contributed by atoms with van der Waals surface area (Å²) in [6.45, 7) is 1.06. The van der Waals surface area contributed by atoms with Crippen molar-refractivity contribution in [2.45, 2.75) is 13.2 Å².